The number of nitrogens with one attached hydrogen (secondary N) is 1. The molecule has 1 N–H and O–H groups in total. The minimum absolute atomic E-state index is 0.0147. The normalized spacial score (nSPS) is 17.0. The Labute approximate surface area is 153 Å². The zero-order chi connectivity index (χ0) is 18.5. The summed E-state index contributed by atoms with van der Waals surface area (Å²) in [5.74, 6) is -0.764. The number of amides is 2. The molecular formula is C21H22N2O3. The highest BCUT2D eigenvalue weighted by molar-refractivity contribution is 6.06. The van der Waals surface area contributed by atoms with Crippen molar-refractivity contribution in [1.82, 2.24) is 10.2 Å². The minimum Gasteiger partial charge on any atom is -0.293 e. The van der Waals surface area contributed by atoms with E-state index in [0.717, 1.165) is 12.0 Å². The SMILES string of the molecule is Cc1ccc(C(=O)CN2CCC[C@@H]2C(=O)NC(=O)c2ccccc2)cc1. The Morgan fingerprint density at radius 3 is 2.38 bits per heavy atom. The van der Waals surface area contributed by atoms with Crippen LogP contribution in [0.5, 0.6) is 0 Å². The Bertz CT molecular complexity index is 800. The molecule has 2 amide bonds. The highest BCUT2D eigenvalue weighted by Gasteiger charge is 2.32. The van der Waals surface area contributed by atoms with Crippen LogP contribution >= 0.6 is 0 Å². The largest absolute Gasteiger partial charge is 0.293 e. The van der Waals surface area contributed by atoms with E-state index in [1.54, 1.807) is 24.3 Å². The van der Waals surface area contributed by atoms with E-state index in [9.17, 15) is 14.4 Å². The third-order valence-electron chi connectivity index (χ3n) is 4.66. The van der Waals surface area contributed by atoms with Gasteiger partial charge in [-0.3, -0.25) is 24.6 Å². The smallest absolute Gasteiger partial charge is 0.257 e. The van der Waals surface area contributed by atoms with Gasteiger partial charge in [-0.15, -0.1) is 0 Å². The molecule has 1 aliphatic heterocycles. The molecule has 5 nitrogen and oxygen atoms in total. The summed E-state index contributed by atoms with van der Waals surface area (Å²) in [6, 6.07) is 15.6. The lowest BCUT2D eigenvalue weighted by Gasteiger charge is -2.22. The van der Waals surface area contributed by atoms with Gasteiger partial charge in [-0.05, 0) is 38.4 Å². The van der Waals surface area contributed by atoms with Gasteiger partial charge < -0.3 is 0 Å². The van der Waals surface area contributed by atoms with E-state index >= 15 is 0 Å². The Balaban J connectivity index is 1.62. The van der Waals surface area contributed by atoms with E-state index in [2.05, 4.69) is 5.32 Å². The molecule has 1 atom stereocenters. The Morgan fingerprint density at radius 1 is 1.00 bits per heavy atom. The van der Waals surface area contributed by atoms with Gasteiger partial charge in [-0.25, -0.2) is 0 Å². The van der Waals surface area contributed by atoms with Crippen LogP contribution in [-0.4, -0.2) is 41.6 Å². The molecule has 26 heavy (non-hydrogen) atoms. The quantitative estimate of drug-likeness (QED) is 0.665. The van der Waals surface area contributed by atoms with E-state index in [1.807, 2.05) is 42.2 Å². The third kappa shape index (κ3) is 4.24. The van der Waals surface area contributed by atoms with E-state index in [0.29, 0.717) is 24.1 Å². The van der Waals surface area contributed by atoms with Gasteiger partial charge in [-0.2, -0.15) is 0 Å². The van der Waals surface area contributed by atoms with Crippen LogP contribution in [-0.2, 0) is 4.79 Å². The van der Waals surface area contributed by atoms with Crippen molar-refractivity contribution in [2.45, 2.75) is 25.8 Å². The van der Waals surface area contributed by atoms with Crippen LogP contribution in [0.4, 0.5) is 0 Å². The van der Waals surface area contributed by atoms with Gasteiger partial charge >= 0.3 is 0 Å². The molecule has 1 aliphatic rings. The first-order valence-electron chi connectivity index (χ1n) is 8.79. The Kier molecular flexibility index (Phi) is 5.58. The summed E-state index contributed by atoms with van der Waals surface area (Å²) in [4.78, 5) is 39.0. The molecule has 0 unspecified atom stereocenters. The van der Waals surface area contributed by atoms with Crippen molar-refractivity contribution in [3.05, 3.63) is 71.3 Å². The lowest BCUT2D eigenvalue weighted by molar-refractivity contribution is -0.124. The molecular weight excluding hydrogens is 328 g/mol. The summed E-state index contributed by atoms with van der Waals surface area (Å²) in [6.45, 7) is 2.83. The molecule has 0 bridgehead atoms. The van der Waals surface area contributed by atoms with E-state index in [-0.39, 0.29) is 18.2 Å². The standard InChI is InChI=1S/C21H22N2O3/c1-15-9-11-16(12-10-15)19(24)14-23-13-5-8-18(23)21(26)22-20(25)17-6-3-2-4-7-17/h2-4,6-7,9-12,18H,5,8,13-14H2,1H3,(H,22,25,26)/t18-/m1/s1. The van der Waals surface area contributed by atoms with Crippen molar-refractivity contribution < 1.29 is 14.4 Å². The highest BCUT2D eigenvalue weighted by atomic mass is 16.2. The average molecular weight is 350 g/mol. The first-order chi connectivity index (χ1) is 12.5. The maximum Gasteiger partial charge on any atom is 0.257 e. The maximum atomic E-state index is 12.5. The molecule has 0 aromatic heterocycles. The lowest BCUT2D eigenvalue weighted by Crippen LogP contribution is -2.46. The van der Waals surface area contributed by atoms with E-state index in [1.165, 1.54) is 0 Å². The monoisotopic (exact) mass is 350 g/mol. The zero-order valence-electron chi connectivity index (χ0n) is 14.8. The first-order valence-corrected chi connectivity index (χ1v) is 8.79. The number of Topliss-reactive ketones (excluding diaryl/α,β-unsaturated/α-hetero) is 1. The van der Waals surface area contributed by atoms with E-state index < -0.39 is 11.9 Å². The van der Waals surface area contributed by atoms with Crippen LogP contribution < -0.4 is 5.32 Å². The van der Waals surface area contributed by atoms with Crippen LogP contribution in [0.1, 0.15) is 39.1 Å². The van der Waals surface area contributed by atoms with Crippen LogP contribution in [0.3, 0.4) is 0 Å². The topological polar surface area (TPSA) is 66.5 Å². The second-order valence-electron chi connectivity index (χ2n) is 6.60. The summed E-state index contributed by atoms with van der Waals surface area (Å²) in [5, 5.41) is 2.46. The highest BCUT2D eigenvalue weighted by Crippen LogP contribution is 2.18. The van der Waals surface area contributed by atoms with Crippen molar-refractivity contribution in [3.8, 4) is 0 Å². The zero-order valence-corrected chi connectivity index (χ0v) is 14.8. The van der Waals surface area contributed by atoms with Crippen molar-refractivity contribution in [2.75, 3.05) is 13.1 Å². The van der Waals surface area contributed by atoms with E-state index in [4.69, 9.17) is 0 Å². The molecule has 2 aromatic rings. The number of benzene rings is 2. The molecule has 0 saturated carbocycles. The number of hydrogen-bond acceptors (Lipinski definition) is 4. The molecule has 0 aliphatic carbocycles. The van der Waals surface area contributed by atoms with Gasteiger partial charge in [0.15, 0.2) is 5.78 Å². The molecule has 3 rings (SSSR count). The Morgan fingerprint density at radius 2 is 1.69 bits per heavy atom. The number of hydrogen-bond donors (Lipinski definition) is 1. The molecule has 1 fully saturated rings. The van der Waals surface area contributed by atoms with Crippen LogP contribution in [0, 0.1) is 6.92 Å². The van der Waals surface area contributed by atoms with Crippen molar-refractivity contribution in [3.63, 3.8) is 0 Å². The average Bonchev–Trinajstić information content (AvgIpc) is 3.11. The number of nitrogens with zero attached hydrogens (tertiary/aromatic N) is 1. The number of imide groups is 1. The lowest BCUT2D eigenvalue weighted by atomic mass is 10.1. The fourth-order valence-electron chi connectivity index (χ4n) is 3.18. The number of ketones is 1. The summed E-state index contributed by atoms with van der Waals surface area (Å²) >= 11 is 0. The third-order valence-corrected chi connectivity index (χ3v) is 4.66. The minimum atomic E-state index is -0.447. The molecule has 1 heterocycles. The number of likely N-dealkylation sites (tertiary alicyclic amines) is 1. The fourth-order valence-corrected chi connectivity index (χ4v) is 3.18. The Hall–Kier alpha value is -2.79. The second kappa shape index (κ2) is 8.06. The number of carbonyl (C=O) groups is 3. The number of rotatable bonds is 5. The summed E-state index contributed by atoms with van der Waals surface area (Å²) < 4.78 is 0. The van der Waals surface area contributed by atoms with Gasteiger partial charge in [0.25, 0.3) is 5.91 Å². The van der Waals surface area contributed by atoms with Crippen molar-refractivity contribution in [1.29, 1.82) is 0 Å². The van der Waals surface area contributed by atoms with Gasteiger partial charge in [0.05, 0.1) is 12.6 Å². The first kappa shape index (κ1) is 18.0. The van der Waals surface area contributed by atoms with Gasteiger partial charge in [0, 0.05) is 11.1 Å². The summed E-state index contributed by atoms with van der Waals surface area (Å²) in [5.41, 5.74) is 2.18. The molecule has 1 saturated heterocycles. The van der Waals surface area contributed by atoms with Crippen LogP contribution in [0.25, 0.3) is 0 Å². The van der Waals surface area contributed by atoms with Crippen molar-refractivity contribution in [2.24, 2.45) is 0 Å². The van der Waals surface area contributed by atoms with Crippen LogP contribution in [0.2, 0.25) is 0 Å². The number of carbonyl (C=O) groups excluding carboxylic acids is 3. The predicted molar refractivity (Wildman–Crippen MR) is 99.0 cm³/mol. The summed E-state index contributed by atoms with van der Waals surface area (Å²) in [7, 11) is 0. The molecule has 0 radical (unpaired) electrons. The fraction of sp³-hybridized carbons (Fsp3) is 0.286. The number of aryl methyl sites for hydroxylation is 1. The van der Waals surface area contributed by atoms with Gasteiger partial charge in [0.2, 0.25) is 5.91 Å². The summed E-state index contributed by atoms with van der Waals surface area (Å²) in [6.07, 6.45) is 1.48. The predicted octanol–water partition coefficient (Wildman–Crippen LogP) is 2.60. The van der Waals surface area contributed by atoms with Gasteiger partial charge in [-0.1, -0.05) is 48.0 Å². The van der Waals surface area contributed by atoms with Crippen LogP contribution in [0.15, 0.2) is 54.6 Å². The van der Waals surface area contributed by atoms with Crippen molar-refractivity contribution >= 4 is 17.6 Å². The van der Waals surface area contributed by atoms with Gasteiger partial charge in [0.1, 0.15) is 0 Å². The second-order valence-corrected chi connectivity index (χ2v) is 6.60. The maximum absolute atomic E-state index is 12.5. The molecule has 0 spiro atoms. The molecule has 2 aromatic carbocycles. The molecule has 134 valence electrons. The molecule has 5 heteroatoms.